The predicted octanol–water partition coefficient (Wildman–Crippen LogP) is 4.49. The first-order chi connectivity index (χ1) is 9.08. The third-order valence-electron chi connectivity index (χ3n) is 3.53. The van der Waals surface area contributed by atoms with Crippen LogP contribution in [0, 0.1) is 5.82 Å². The molecule has 2 rings (SSSR count). The van der Waals surface area contributed by atoms with E-state index >= 15 is 0 Å². The van der Waals surface area contributed by atoms with E-state index in [0.29, 0.717) is 22.1 Å². The van der Waals surface area contributed by atoms with Gasteiger partial charge in [-0.25, -0.2) is 4.39 Å². The molecule has 0 N–H and O–H groups in total. The summed E-state index contributed by atoms with van der Waals surface area (Å²) >= 11 is 9.04. The maximum Gasteiger partial charge on any atom is 0.169 e. The molecule has 19 heavy (non-hydrogen) atoms. The summed E-state index contributed by atoms with van der Waals surface area (Å²) in [5.74, 6) is -0.180. The highest BCUT2D eigenvalue weighted by atomic mass is 79.9. The van der Waals surface area contributed by atoms with Crippen molar-refractivity contribution in [2.75, 3.05) is 19.7 Å². The topological polar surface area (TPSA) is 12.5 Å². The van der Waals surface area contributed by atoms with Crippen LogP contribution in [0.4, 0.5) is 4.39 Å². The van der Waals surface area contributed by atoms with Crippen molar-refractivity contribution in [1.29, 1.82) is 0 Å². The molecule has 1 unspecified atom stereocenters. The summed E-state index contributed by atoms with van der Waals surface area (Å²) in [5, 5.41) is 0.362. The second-order valence-electron chi connectivity index (χ2n) is 4.93. The van der Waals surface area contributed by atoms with Gasteiger partial charge in [0.25, 0.3) is 0 Å². The van der Waals surface area contributed by atoms with Crippen LogP contribution in [0.25, 0.3) is 0 Å². The molecule has 0 aromatic heterocycles. The Morgan fingerprint density at radius 1 is 1.47 bits per heavy atom. The van der Waals surface area contributed by atoms with E-state index in [0.717, 1.165) is 13.1 Å². The fourth-order valence-electron chi connectivity index (χ4n) is 2.42. The van der Waals surface area contributed by atoms with E-state index in [-0.39, 0.29) is 5.75 Å². The zero-order valence-electron chi connectivity index (χ0n) is 11.0. The van der Waals surface area contributed by atoms with Crippen LogP contribution in [0.1, 0.15) is 26.2 Å². The normalized spacial score (nSPS) is 20.5. The standard InChI is InChI=1S/C14H18BrClFNO/c1-10-4-2-3-5-18(10)6-7-19-14-12(15)8-11(16)9-13(14)17/h8-10H,2-7H2,1H3. The van der Waals surface area contributed by atoms with Crippen LogP contribution < -0.4 is 4.74 Å². The second-order valence-corrected chi connectivity index (χ2v) is 6.22. The van der Waals surface area contributed by atoms with Gasteiger partial charge in [-0.3, -0.25) is 4.90 Å². The largest absolute Gasteiger partial charge is 0.488 e. The number of rotatable bonds is 4. The highest BCUT2D eigenvalue weighted by Crippen LogP contribution is 2.31. The van der Waals surface area contributed by atoms with E-state index in [4.69, 9.17) is 16.3 Å². The van der Waals surface area contributed by atoms with E-state index in [9.17, 15) is 4.39 Å². The lowest BCUT2D eigenvalue weighted by molar-refractivity contribution is 0.131. The SMILES string of the molecule is CC1CCCCN1CCOc1c(F)cc(Cl)cc1Br. The molecule has 0 amide bonds. The quantitative estimate of drug-likeness (QED) is 0.793. The van der Waals surface area contributed by atoms with Gasteiger partial charge in [0.1, 0.15) is 6.61 Å². The van der Waals surface area contributed by atoms with Gasteiger partial charge in [-0.1, -0.05) is 18.0 Å². The summed E-state index contributed by atoms with van der Waals surface area (Å²) in [7, 11) is 0. The van der Waals surface area contributed by atoms with E-state index in [2.05, 4.69) is 27.8 Å². The Kier molecular flexibility index (Phi) is 5.48. The number of hydrogen-bond acceptors (Lipinski definition) is 2. The molecule has 0 bridgehead atoms. The lowest BCUT2D eigenvalue weighted by Crippen LogP contribution is -2.39. The molecule has 0 saturated carbocycles. The minimum absolute atomic E-state index is 0.245. The fraction of sp³-hybridized carbons (Fsp3) is 0.571. The molecule has 2 nitrogen and oxygen atoms in total. The van der Waals surface area contributed by atoms with Crippen molar-refractivity contribution >= 4 is 27.5 Å². The monoisotopic (exact) mass is 349 g/mol. The molecule has 1 aromatic carbocycles. The van der Waals surface area contributed by atoms with Crippen molar-refractivity contribution in [3.05, 3.63) is 27.4 Å². The van der Waals surface area contributed by atoms with Gasteiger partial charge in [0.05, 0.1) is 4.47 Å². The van der Waals surface area contributed by atoms with E-state index in [1.807, 2.05) is 0 Å². The minimum Gasteiger partial charge on any atom is -0.488 e. The number of ether oxygens (including phenoxy) is 1. The van der Waals surface area contributed by atoms with Crippen molar-refractivity contribution in [1.82, 2.24) is 4.90 Å². The first kappa shape index (κ1) is 15.1. The van der Waals surface area contributed by atoms with Crippen LogP contribution in [-0.2, 0) is 0 Å². The van der Waals surface area contributed by atoms with Crippen LogP contribution in [0.5, 0.6) is 5.75 Å². The van der Waals surface area contributed by atoms with Crippen LogP contribution in [0.3, 0.4) is 0 Å². The molecule has 1 aromatic rings. The molecule has 1 heterocycles. The van der Waals surface area contributed by atoms with Gasteiger partial charge >= 0.3 is 0 Å². The van der Waals surface area contributed by atoms with Gasteiger partial charge in [-0.15, -0.1) is 0 Å². The highest BCUT2D eigenvalue weighted by Gasteiger charge is 2.18. The van der Waals surface area contributed by atoms with Crippen molar-refractivity contribution in [2.45, 2.75) is 32.2 Å². The van der Waals surface area contributed by atoms with Gasteiger partial charge < -0.3 is 4.74 Å². The molecule has 0 radical (unpaired) electrons. The predicted molar refractivity (Wildman–Crippen MR) is 79.5 cm³/mol. The van der Waals surface area contributed by atoms with Gasteiger partial charge in [-0.2, -0.15) is 0 Å². The van der Waals surface area contributed by atoms with Crippen molar-refractivity contribution in [3.63, 3.8) is 0 Å². The van der Waals surface area contributed by atoms with E-state index in [1.54, 1.807) is 6.07 Å². The Hall–Kier alpha value is -0.320. The molecule has 1 aliphatic rings. The molecule has 0 aliphatic carbocycles. The lowest BCUT2D eigenvalue weighted by atomic mass is 10.0. The third-order valence-corrected chi connectivity index (χ3v) is 4.34. The van der Waals surface area contributed by atoms with E-state index < -0.39 is 5.82 Å². The zero-order chi connectivity index (χ0) is 13.8. The van der Waals surface area contributed by atoms with Crippen LogP contribution in [0.2, 0.25) is 5.02 Å². The number of piperidine rings is 1. The summed E-state index contributed by atoms with van der Waals surface area (Å²) < 4.78 is 19.8. The van der Waals surface area contributed by atoms with Gasteiger partial charge in [0.2, 0.25) is 0 Å². The number of hydrogen-bond donors (Lipinski definition) is 0. The molecule has 1 aliphatic heterocycles. The molecular formula is C14H18BrClFNO. The molecule has 5 heteroatoms. The summed E-state index contributed by atoms with van der Waals surface area (Å²) in [5.41, 5.74) is 0. The minimum atomic E-state index is -0.425. The molecule has 1 atom stereocenters. The summed E-state index contributed by atoms with van der Waals surface area (Å²) in [6, 6.07) is 3.50. The van der Waals surface area contributed by atoms with Crippen molar-refractivity contribution in [3.8, 4) is 5.75 Å². The average Bonchev–Trinajstić information content (AvgIpc) is 2.34. The number of benzene rings is 1. The molecule has 106 valence electrons. The van der Waals surface area contributed by atoms with Crippen molar-refractivity contribution in [2.24, 2.45) is 0 Å². The maximum atomic E-state index is 13.7. The number of likely N-dealkylation sites (tertiary alicyclic amines) is 1. The summed E-state index contributed by atoms with van der Waals surface area (Å²) in [4.78, 5) is 2.39. The summed E-state index contributed by atoms with van der Waals surface area (Å²) in [6.45, 7) is 4.66. The Labute approximate surface area is 127 Å². The maximum absolute atomic E-state index is 13.7. The van der Waals surface area contributed by atoms with E-state index in [1.165, 1.54) is 25.3 Å². The van der Waals surface area contributed by atoms with Crippen LogP contribution >= 0.6 is 27.5 Å². The Morgan fingerprint density at radius 2 is 2.26 bits per heavy atom. The number of halogens is 3. The van der Waals surface area contributed by atoms with Crippen LogP contribution in [0.15, 0.2) is 16.6 Å². The summed E-state index contributed by atoms with van der Waals surface area (Å²) in [6.07, 6.45) is 3.78. The molecule has 1 saturated heterocycles. The average molecular weight is 351 g/mol. The second kappa shape index (κ2) is 6.91. The number of nitrogens with zero attached hydrogens (tertiary/aromatic N) is 1. The highest BCUT2D eigenvalue weighted by molar-refractivity contribution is 9.10. The van der Waals surface area contributed by atoms with Crippen molar-refractivity contribution < 1.29 is 9.13 Å². The Morgan fingerprint density at radius 3 is 2.95 bits per heavy atom. The van der Waals surface area contributed by atoms with Crippen LogP contribution in [-0.4, -0.2) is 30.6 Å². The Balaban J connectivity index is 1.89. The third kappa shape index (κ3) is 4.07. The molecular weight excluding hydrogens is 333 g/mol. The molecule has 1 fully saturated rings. The first-order valence-corrected chi connectivity index (χ1v) is 7.76. The van der Waals surface area contributed by atoms with Gasteiger partial charge in [-0.05, 0) is 54.4 Å². The lowest BCUT2D eigenvalue weighted by Gasteiger charge is -2.33. The zero-order valence-corrected chi connectivity index (χ0v) is 13.3. The van der Waals surface area contributed by atoms with Gasteiger partial charge in [0.15, 0.2) is 11.6 Å². The molecule has 0 spiro atoms. The van der Waals surface area contributed by atoms with Gasteiger partial charge in [0, 0.05) is 17.6 Å². The smallest absolute Gasteiger partial charge is 0.169 e. The first-order valence-electron chi connectivity index (χ1n) is 6.59. The fourth-order valence-corrected chi connectivity index (χ4v) is 3.31. The Bertz CT molecular complexity index is 420.